The summed E-state index contributed by atoms with van der Waals surface area (Å²) >= 11 is 1.59. The number of hydrogen-bond acceptors (Lipinski definition) is 4. The lowest BCUT2D eigenvalue weighted by Gasteiger charge is -2.25. The minimum Gasteiger partial charge on any atom is -0.271 e. The van der Waals surface area contributed by atoms with E-state index in [0.29, 0.717) is 11.6 Å². The number of benzene rings is 3. The second-order valence-electron chi connectivity index (χ2n) is 9.48. The zero-order valence-corrected chi connectivity index (χ0v) is 20.0. The zero-order valence-electron chi connectivity index (χ0n) is 19.2. The van der Waals surface area contributed by atoms with E-state index in [1.165, 1.54) is 11.1 Å². The van der Waals surface area contributed by atoms with Crippen molar-refractivity contribution in [3.05, 3.63) is 101 Å². The SMILES string of the molecule is CC(C)(C)c1ccc(CSC2=Nc3ccccc3C3=N[C@@H](Cc4ccccc4)C(=O)N23)cc1. The number of carbonyl (C=O) groups excluding carboxylic acids is 1. The normalized spacial score (nSPS) is 17.4. The van der Waals surface area contributed by atoms with Gasteiger partial charge in [0.1, 0.15) is 11.9 Å². The van der Waals surface area contributed by atoms with Crippen LogP contribution in [0.1, 0.15) is 43.0 Å². The summed E-state index contributed by atoms with van der Waals surface area (Å²) in [6.07, 6.45) is 0.591. The summed E-state index contributed by atoms with van der Waals surface area (Å²) in [5.74, 6) is 1.46. The Morgan fingerprint density at radius 3 is 2.30 bits per heavy atom. The molecule has 5 rings (SSSR count). The molecule has 0 bridgehead atoms. The number of amides is 1. The van der Waals surface area contributed by atoms with Crippen LogP contribution in [0.2, 0.25) is 0 Å². The molecule has 0 saturated heterocycles. The number of carbonyl (C=O) groups is 1. The molecule has 0 fully saturated rings. The van der Waals surface area contributed by atoms with Crippen LogP contribution in [-0.4, -0.2) is 27.9 Å². The largest absolute Gasteiger partial charge is 0.271 e. The number of rotatable bonds is 4. The molecule has 0 spiro atoms. The van der Waals surface area contributed by atoms with Gasteiger partial charge in [0.05, 0.1) is 5.69 Å². The molecule has 0 saturated carbocycles. The maximum Gasteiger partial charge on any atom is 0.259 e. The Labute approximate surface area is 199 Å². The molecule has 5 heteroatoms. The van der Waals surface area contributed by atoms with Crippen LogP contribution in [0.25, 0.3) is 0 Å². The fourth-order valence-corrected chi connectivity index (χ4v) is 5.07. The van der Waals surface area contributed by atoms with Gasteiger partial charge in [-0.2, -0.15) is 0 Å². The predicted octanol–water partition coefficient (Wildman–Crippen LogP) is 6.12. The second kappa shape index (κ2) is 8.64. The molecule has 2 aliphatic heterocycles. The first-order chi connectivity index (χ1) is 15.9. The number of nitrogens with zero attached hydrogens (tertiary/aromatic N) is 3. The van der Waals surface area contributed by atoms with Gasteiger partial charge < -0.3 is 0 Å². The number of hydrogen-bond donors (Lipinski definition) is 0. The van der Waals surface area contributed by atoms with Crippen LogP contribution < -0.4 is 0 Å². The van der Waals surface area contributed by atoms with Gasteiger partial charge in [-0.3, -0.25) is 9.79 Å². The molecule has 33 heavy (non-hydrogen) atoms. The van der Waals surface area contributed by atoms with Gasteiger partial charge in [0.25, 0.3) is 5.91 Å². The minimum absolute atomic E-state index is 0.00214. The lowest BCUT2D eigenvalue weighted by Crippen LogP contribution is -2.41. The highest BCUT2D eigenvalue weighted by molar-refractivity contribution is 8.13. The van der Waals surface area contributed by atoms with Crippen molar-refractivity contribution in [2.75, 3.05) is 0 Å². The van der Waals surface area contributed by atoms with Crippen molar-refractivity contribution < 1.29 is 4.79 Å². The van der Waals surface area contributed by atoms with Gasteiger partial charge in [-0.1, -0.05) is 99.3 Å². The number of para-hydroxylation sites is 1. The van der Waals surface area contributed by atoms with E-state index in [0.717, 1.165) is 28.4 Å². The topological polar surface area (TPSA) is 45.0 Å². The Balaban J connectivity index is 1.41. The highest BCUT2D eigenvalue weighted by Gasteiger charge is 2.41. The van der Waals surface area contributed by atoms with E-state index >= 15 is 0 Å². The third kappa shape index (κ3) is 4.38. The molecule has 0 unspecified atom stereocenters. The molecular formula is C28H27N3OS. The lowest BCUT2D eigenvalue weighted by molar-refractivity contribution is -0.124. The Morgan fingerprint density at radius 1 is 0.879 bits per heavy atom. The molecule has 1 amide bonds. The first kappa shape index (κ1) is 21.7. The fraction of sp³-hybridized carbons (Fsp3) is 0.250. The number of thioether (sulfide) groups is 1. The second-order valence-corrected chi connectivity index (χ2v) is 10.4. The summed E-state index contributed by atoms with van der Waals surface area (Å²) < 4.78 is 0. The minimum atomic E-state index is -0.426. The molecule has 0 radical (unpaired) electrons. The molecule has 3 aromatic rings. The fourth-order valence-electron chi connectivity index (χ4n) is 4.12. The molecule has 0 N–H and O–H groups in total. The van der Waals surface area contributed by atoms with Gasteiger partial charge in [-0.15, -0.1) is 0 Å². The zero-order chi connectivity index (χ0) is 23.0. The van der Waals surface area contributed by atoms with Crippen molar-refractivity contribution in [1.82, 2.24) is 4.90 Å². The molecule has 2 heterocycles. The van der Waals surface area contributed by atoms with Crippen molar-refractivity contribution in [3.8, 4) is 0 Å². The van der Waals surface area contributed by atoms with Crippen molar-refractivity contribution in [2.24, 2.45) is 9.98 Å². The van der Waals surface area contributed by atoms with Crippen molar-refractivity contribution in [1.29, 1.82) is 0 Å². The standard InChI is InChI=1S/C28H27N3OS/c1-28(2,3)21-15-13-20(14-16-21)18-33-27-30-23-12-8-7-11-22(23)25-29-24(26(32)31(25)27)17-19-9-5-4-6-10-19/h4-16,24H,17-18H2,1-3H3/t24-/m0/s1. The van der Waals surface area contributed by atoms with Crippen molar-refractivity contribution >= 4 is 34.4 Å². The van der Waals surface area contributed by atoms with Crippen LogP contribution in [-0.2, 0) is 22.4 Å². The predicted molar refractivity (Wildman–Crippen MR) is 137 cm³/mol. The smallest absolute Gasteiger partial charge is 0.259 e. The third-order valence-electron chi connectivity index (χ3n) is 6.01. The Kier molecular flexibility index (Phi) is 5.67. The number of aliphatic imine (C=N–C) groups is 2. The first-order valence-corrected chi connectivity index (χ1v) is 12.2. The van der Waals surface area contributed by atoms with E-state index in [1.807, 2.05) is 54.6 Å². The lowest BCUT2D eigenvalue weighted by atomic mass is 9.87. The third-order valence-corrected chi connectivity index (χ3v) is 7.02. The molecular weight excluding hydrogens is 426 g/mol. The molecule has 1 atom stereocenters. The van der Waals surface area contributed by atoms with E-state index < -0.39 is 6.04 Å². The average Bonchev–Trinajstić information content (AvgIpc) is 3.14. The van der Waals surface area contributed by atoms with Crippen molar-refractivity contribution in [2.45, 2.75) is 44.4 Å². The van der Waals surface area contributed by atoms with Crippen LogP contribution in [0.15, 0.2) is 88.8 Å². The first-order valence-electron chi connectivity index (χ1n) is 11.3. The summed E-state index contributed by atoms with van der Waals surface area (Å²) in [6.45, 7) is 6.66. The highest BCUT2D eigenvalue weighted by atomic mass is 32.2. The van der Waals surface area contributed by atoms with Gasteiger partial charge in [0.2, 0.25) is 0 Å². The van der Waals surface area contributed by atoms with Gasteiger partial charge >= 0.3 is 0 Å². The molecule has 0 aromatic heterocycles. The summed E-state index contributed by atoms with van der Waals surface area (Å²) in [4.78, 5) is 24.9. The summed E-state index contributed by atoms with van der Waals surface area (Å²) in [6, 6.07) is 26.3. The van der Waals surface area contributed by atoms with E-state index in [4.69, 9.17) is 9.98 Å². The maximum absolute atomic E-state index is 13.4. The summed E-state index contributed by atoms with van der Waals surface area (Å²) in [5, 5.41) is 0.702. The van der Waals surface area contributed by atoms with Gasteiger partial charge in [-0.25, -0.2) is 9.89 Å². The molecule has 4 nitrogen and oxygen atoms in total. The number of amidine groups is 2. The molecule has 2 aliphatic rings. The Hall–Kier alpha value is -3.18. The van der Waals surface area contributed by atoms with E-state index in [-0.39, 0.29) is 11.3 Å². The average molecular weight is 454 g/mol. The van der Waals surface area contributed by atoms with Gasteiger partial charge in [0.15, 0.2) is 5.17 Å². The van der Waals surface area contributed by atoms with Crippen LogP contribution >= 0.6 is 11.8 Å². The van der Waals surface area contributed by atoms with E-state index in [2.05, 4.69) is 45.0 Å². The van der Waals surface area contributed by atoms with Gasteiger partial charge in [0, 0.05) is 17.7 Å². The molecule has 3 aromatic carbocycles. The van der Waals surface area contributed by atoms with Crippen LogP contribution in [0.4, 0.5) is 5.69 Å². The Morgan fingerprint density at radius 2 is 1.58 bits per heavy atom. The van der Waals surface area contributed by atoms with Crippen LogP contribution in [0.3, 0.4) is 0 Å². The van der Waals surface area contributed by atoms with E-state index in [9.17, 15) is 4.79 Å². The Bertz CT molecular complexity index is 1240. The van der Waals surface area contributed by atoms with E-state index in [1.54, 1.807) is 16.7 Å². The van der Waals surface area contributed by atoms with Crippen LogP contribution in [0, 0.1) is 0 Å². The molecule has 0 aliphatic carbocycles. The quantitative estimate of drug-likeness (QED) is 0.478. The van der Waals surface area contributed by atoms with Crippen LogP contribution in [0.5, 0.6) is 0 Å². The highest BCUT2D eigenvalue weighted by Crippen LogP contribution is 2.35. The molecule has 166 valence electrons. The number of fused-ring (bicyclic) bond motifs is 3. The maximum atomic E-state index is 13.4. The summed E-state index contributed by atoms with van der Waals surface area (Å²) in [5.41, 5.74) is 5.54. The monoisotopic (exact) mass is 453 g/mol. The van der Waals surface area contributed by atoms with Gasteiger partial charge in [-0.05, 0) is 34.2 Å². The summed E-state index contributed by atoms with van der Waals surface area (Å²) in [7, 11) is 0. The van der Waals surface area contributed by atoms with Crippen molar-refractivity contribution in [3.63, 3.8) is 0 Å².